The maximum absolute atomic E-state index is 9.62. The van der Waals surface area contributed by atoms with Crippen molar-refractivity contribution >= 4 is 0 Å². The third-order valence-electron chi connectivity index (χ3n) is 2.83. The first kappa shape index (κ1) is 12.9. The monoisotopic (exact) mass is 217 g/mol. The summed E-state index contributed by atoms with van der Waals surface area (Å²) in [6.07, 6.45) is 2.08. The number of hydrogen-bond donors (Lipinski definition) is 1. The Morgan fingerprint density at radius 1 is 1.40 bits per heavy atom. The fourth-order valence-electron chi connectivity index (χ4n) is 2.23. The number of aliphatic hydroxyl groups excluding tert-OH is 1. The van der Waals surface area contributed by atoms with E-state index < -0.39 is 0 Å². The van der Waals surface area contributed by atoms with E-state index in [1.54, 1.807) is 14.2 Å². The molecule has 15 heavy (non-hydrogen) atoms. The molecular formula is C11H23NO3. The molecule has 0 amide bonds. The molecule has 0 bridgehead atoms. The third kappa shape index (κ3) is 4.93. The van der Waals surface area contributed by atoms with Gasteiger partial charge < -0.3 is 19.5 Å². The molecular weight excluding hydrogens is 194 g/mol. The summed E-state index contributed by atoms with van der Waals surface area (Å²) in [6, 6.07) is 0. The van der Waals surface area contributed by atoms with Gasteiger partial charge >= 0.3 is 0 Å². The summed E-state index contributed by atoms with van der Waals surface area (Å²) in [5.74, 6) is 0.624. The van der Waals surface area contributed by atoms with Gasteiger partial charge in [-0.3, -0.25) is 0 Å². The molecule has 0 aromatic rings. The minimum Gasteiger partial charge on any atom is -0.389 e. The maximum Gasteiger partial charge on any atom is 0.0900 e. The highest BCUT2D eigenvalue weighted by Crippen LogP contribution is 2.16. The van der Waals surface area contributed by atoms with Gasteiger partial charge in [-0.25, -0.2) is 0 Å². The molecule has 0 spiro atoms. The van der Waals surface area contributed by atoms with Gasteiger partial charge in [0, 0.05) is 27.3 Å². The van der Waals surface area contributed by atoms with E-state index in [9.17, 15) is 5.11 Å². The molecule has 4 nitrogen and oxygen atoms in total. The number of nitrogens with zero attached hydrogens (tertiary/aromatic N) is 1. The highest BCUT2D eigenvalue weighted by atomic mass is 16.5. The van der Waals surface area contributed by atoms with Crippen molar-refractivity contribution in [3.05, 3.63) is 0 Å². The van der Waals surface area contributed by atoms with Crippen LogP contribution in [0.3, 0.4) is 0 Å². The summed E-state index contributed by atoms with van der Waals surface area (Å²) < 4.78 is 10.1. The molecule has 0 saturated carbocycles. The van der Waals surface area contributed by atoms with Crippen molar-refractivity contribution in [2.24, 2.45) is 5.92 Å². The molecule has 2 atom stereocenters. The summed E-state index contributed by atoms with van der Waals surface area (Å²) >= 11 is 0. The minimum atomic E-state index is -0.365. The number of piperidine rings is 1. The highest BCUT2D eigenvalue weighted by Gasteiger charge is 2.21. The lowest BCUT2D eigenvalue weighted by Crippen LogP contribution is -2.42. The molecule has 1 heterocycles. The SMILES string of the molecule is COC[C@@H](O)CN1CCC[C@H](COC)C1. The van der Waals surface area contributed by atoms with Gasteiger partial charge in [-0.05, 0) is 25.3 Å². The second-order valence-corrected chi connectivity index (χ2v) is 4.33. The van der Waals surface area contributed by atoms with Crippen LogP contribution in [-0.4, -0.2) is 63.2 Å². The van der Waals surface area contributed by atoms with Crippen LogP contribution in [0.4, 0.5) is 0 Å². The van der Waals surface area contributed by atoms with E-state index in [2.05, 4.69) is 4.90 Å². The molecule has 90 valence electrons. The zero-order valence-electron chi connectivity index (χ0n) is 9.82. The first-order chi connectivity index (χ1) is 7.26. The Morgan fingerprint density at radius 3 is 2.87 bits per heavy atom. The highest BCUT2D eigenvalue weighted by molar-refractivity contribution is 4.74. The smallest absolute Gasteiger partial charge is 0.0900 e. The lowest BCUT2D eigenvalue weighted by Gasteiger charge is -2.33. The molecule has 1 fully saturated rings. The van der Waals surface area contributed by atoms with Gasteiger partial charge in [-0.1, -0.05) is 0 Å². The fraction of sp³-hybridized carbons (Fsp3) is 1.00. The molecule has 1 saturated heterocycles. The molecule has 0 unspecified atom stereocenters. The van der Waals surface area contributed by atoms with E-state index in [1.165, 1.54) is 12.8 Å². The van der Waals surface area contributed by atoms with Gasteiger partial charge in [0.25, 0.3) is 0 Å². The third-order valence-corrected chi connectivity index (χ3v) is 2.83. The summed E-state index contributed by atoms with van der Waals surface area (Å²) in [4.78, 5) is 2.30. The van der Waals surface area contributed by atoms with Crippen molar-refractivity contribution in [2.45, 2.75) is 18.9 Å². The number of aliphatic hydroxyl groups is 1. The quantitative estimate of drug-likeness (QED) is 0.697. The normalized spacial score (nSPS) is 25.4. The zero-order chi connectivity index (χ0) is 11.1. The van der Waals surface area contributed by atoms with E-state index in [1.807, 2.05) is 0 Å². The molecule has 1 aliphatic heterocycles. The predicted molar refractivity (Wildman–Crippen MR) is 58.9 cm³/mol. The standard InChI is InChI=1S/C11H23NO3/c1-14-8-10-4-3-5-12(6-10)7-11(13)9-15-2/h10-11,13H,3-9H2,1-2H3/t10-,11-/m0/s1. The van der Waals surface area contributed by atoms with E-state index in [0.29, 0.717) is 19.1 Å². The Kier molecular flexibility index (Phi) is 6.17. The Morgan fingerprint density at radius 2 is 2.20 bits per heavy atom. The van der Waals surface area contributed by atoms with Crippen LogP contribution < -0.4 is 0 Å². The maximum atomic E-state index is 9.62. The fourth-order valence-corrected chi connectivity index (χ4v) is 2.23. The lowest BCUT2D eigenvalue weighted by molar-refractivity contribution is 0.0186. The van der Waals surface area contributed by atoms with Crippen LogP contribution in [0.5, 0.6) is 0 Å². The molecule has 0 aromatic carbocycles. The molecule has 0 aromatic heterocycles. The Hall–Kier alpha value is -0.160. The van der Waals surface area contributed by atoms with Gasteiger partial charge in [0.15, 0.2) is 0 Å². The van der Waals surface area contributed by atoms with Crippen molar-refractivity contribution in [2.75, 3.05) is 47.1 Å². The molecule has 1 N–H and O–H groups in total. The molecule has 1 aliphatic rings. The largest absolute Gasteiger partial charge is 0.389 e. The van der Waals surface area contributed by atoms with E-state index >= 15 is 0 Å². The van der Waals surface area contributed by atoms with Crippen molar-refractivity contribution < 1.29 is 14.6 Å². The number of ether oxygens (including phenoxy) is 2. The second kappa shape index (κ2) is 7.17. The first-order valence-electron chi connectivity index (χ1n) is 5.64. The van der Waals surface area contributed by atoms with Gasteiger partial charge in [-0.15, -0.1) is 0 Å². The van der Waals surface area contributed by atoms with Crippen LogP contribution in [0.25, 0.3) is 0 Å². The summed E-state index contributed by atoms with van der Waals surface area (Å²) in [5, 5.41) is 9.62. The topological polar surface area (TPSA) is 41.9 Å². The number of rotatable bonds is 6. The van der Waals surface area contributed by atoms with E-state index in [4.69, 9.17) is 9.47 Å². The lowest BCUT2D eigenvalue weighted by atomic mass is 9.99. The molecule has 0 aliphatic carbocycles. The van der Waals surface area contributed by atoms with Crippen LogP contribution in [-0.2, 0) is 9.47 Å². The minimum absolute atomic E-state index is 0.365. The molecule has 1 rings (SSSR count). The van der Waals surface area contributed by atoms with Crippen molar-refractivity contribution in [1.29, 1.82) is 0 Å². The summed E-state index contributed by atoms with van der Waals surface area (Å²) in [7, 11) is 3.37. The average molecular weight is 217 g/mol. The first-order valence-corrected chi connectivity index (χ1v) is 5.64. The van der Waals surface area contributed by atoms with Crippen LogP contribution in [0.1, 0.15) is 12.8 Å². The Bertz CT molecular complexity index is 162. The molecule has 4 heteroatoms. The Labute approximate surface area is 92.2 Å². The van der Waals surface area contributed by atoms with Gasteiger partial charge in [0.2, 0.25) is 0 Å². The van der Waals surface area contributed by atoms with Gasteiger partial charge in [0.05, 0.1) is 19.3 Å². The van der Waals surface area contributed by atoms with Crippen molar-refractivity contribution in [3.8, 4) is 0 Å². The van der Waals surface area contributed by atoms with Gasteiger partial charge in [-0.2, -0.15) is 0 Å². The molecule has 0 radical (unpaired) electrons. The van der Waals surface area contributed by atoms with Crippen LogP contribution in [0, 0.1) is 5.92 Å². The summed E-state index contributed by atoms with van der Waals surface area (Å²) in [5.41, 5.74) is 0. The summed E-state index contributed by atoms with van der Waals surface area (Å²) in [6.45, 7) is 4.09. The second-order valence-electron chi connectivity index (χ2n) is 4.33. The van der Waals surface area contributed by atoms with Crippen molar-refractivity contribution in [3.63, 3.8) is 0 Å². The zero-order valence-corrected chi connectivity index (χ0v) is 9.82. The number of β-amino-alcohol motifs (C(OH)–C–C–N with tert-alkyl or cyclic N) is 1. The van der Waals surface area contributed by atoms with E-state index in [-0.39, 0.29) is 6.10 Å². The van der Waals surface area contributed by atoms with E-state index in [0.717, 1.165) is 19.7 Å². The van der Waals surface area contributed by atoms with Crippen molar-refractivity contribution in [1.82, 2.24) is 4.90 Å². The predicted octanol–water partition coefficient (Wildman–Crippen LogP) is 0.352. The van der Waals surface area contributed by atoms with Crippen LogP contribution in [0.15, 0.2) is 0 Å². The number of hydrogen-bond acceptors (Lipinski definition) is 4. The number of likely N-dealkylation sites (tertiary alicyclic amines) is 1. The number of methoxy groups -OCH3 is 2. The van der Waals surface area contributed by atoms with Gasteiger partial charge in [0.1, 0.15) is 0 Å². The van der Waals surface area contributed by atoms with Crippen LogP contribution >= 0.6 is 0 Å². The Balaban J connectivity index is 2.23. The van der Waals surface area contributed by atoms with Crippen LogP contribution in [0.2, 0.25) is 0 Å². The average Bonchev–Trinajstić information content (AvgIpc) is 2.19.